The molecule has 0 radical (unpaired) electrons. The summed E-state index contributed by atoms with van der Waals surface area (Å²) < 4.78 is 0. The number of anilines is 1. The van der Waals surface area contributed by atoms with Crippen LogP contribution in [0.4, 0.5) is 17.1 Å². The number of nitrogens with zero attached hydrogens (tertiary/aromatic N) is 3. The van der Waals surface area contributed by atoms with Crippen LogP contribution in [0.1, 0.15) is 36.5 Å². The van der Waals surface area contributed by atoms with Crippen LogP contribution >= 0.6 is 0 Å². The van der Waals surface area contributed by atoms with Crippen LogP contribution in [0, 0.1) is 20.2 Å². The lowest BCUT2D eigenvalue weighted by Gasteiger charge is -2.35. The van der Waals surface area contributed by atoms with E-state index in [1.165, 1.54) is 0 Å². The monoisotopic (exact) mass is 309 g/mol. The van der Waals surface area contributed by atoms with Crippen LogP contribution in [0.15, 0.2) is 12.1 Å². The molecule has 1 unspecified atom stereocenters. The Morgan fingerprint density at radius 2 is 1.95 bits per heavy atom. The van der Waals surface area contributed by atoms with Crippen molar-refractivity contribution in [2.45, 2.75) is 32.2 Å². The van der Waals surface area contributed by atoms with Gasteiger partial charge in [0, 0.05) is 18.7 Å². The van der Waals surface area contributed by atoms with E-state index in [0.717, 1.165) is 31.4 Å². The minimum Gasteiger partial charge on any atom is -0.478 e. The number of carbonyl (C=O) groups is 1. The summed E-state index contributed by atoms with van der Waals surface area (Å²) in [5.74, 6) is -1.42. The number of aromatic carboxylic acids is 1. The number of hydrogen-bond donors (Lipinski definition) is 1. The molecular weight excluding hydrogens is 294 g/mol. The van der Waals surface area contributed by atoms with Gasteiger partial charge in [0.25, 0.3) is 11.4 Å². The molecule has 0 bridgehead atoms. The zero-order valence-corrected chi connectivity index (χ0v) is 11.9. The summed E-state index contributed by atoms with van der Waals surface area (Å²) in [6, 6.07) is 1.64. The number of carboxylic acid groups (broad SMARTS) is 1. The number of piperidine rings is 1. The van der Waals surface area contributed by atoms with E-state index in [1.807, 2.05) is 6.92 Å². The van der Waals surface area contributed by atoms with Crippen LogP contribution < -0.4 is 4.90 Å². The van der Waals surface area contributed by atoms with Crippen molar-refractivity contribution in [2.75, 3.05) is 11.4 Å². The standard InChI is InChI=1S/C13H15N3O6/c1-8-4-2-3-5-14(8)12-10(13(17)18)6-9(15(19)20)7-11(12)16(21)22/h6-8H,2-5H2,1H3,(H,17,18). The van der Waals surface area contributed by atoms with Crippen LogP contribution in [0.3, 0.4) is 0 Å². The quantitative estimate of drug-likeness (QED) is 0.668. The van der Waals surface area contributed by atoms with Gasteiger partial charge in [-0.15, -0.1) is 0 Å². The predicted molar refractivity (Wildman–Crippen MR) is 77.4 cm³/mol. The summed E-state index contributed by atoms with van der Waals surface area (Å²) in [6.07, 6.45) is 2.53. The van der Waals surface area contributed by atoms with Crippen LogP contribution in [0.2, 0.25) is 0 Å². The molecule has 1 atom stereocenters. The molecule has 0 spiro atoms. The summed E-state index contributed by atoms with van der Waals surface area (Å²) in [5.41, 5.74) is -1.59. The molecule has 9 heteroatoms. The third-order valence-electron chi connectivity index (χ3n) is 3.80. The number of hydrogen-bond acceptors (Lipinski definition) is 6. The Balaban J connectivity index is 2.70. The van der Waals surface area contributed by atoms with Crippen molar-refractivity contribution in [1.29, 1.82) is 0 Å². The van der Waals surface area contributed by atoms with Crippen LogP contribution in [0.5, 0.6) is 0 Å². The van der Waals surface area contributed by atoms with Crippen LogP contribution in [-0.4, -0.2) is 33.5 Å². The second-order valence-electron chi connectivity index (χ2n) is 5.22. The fourth-order valence-corrected chi connectivity index (χ4v) is 2.74. The van der Waals surface area contributed by atoms with Gasteiger partial charge in [-0.1, -0.05) is 0 Å². The third kappa shape index (κ3) is 2.83. The minimum atomic E-state index is -1.42. The average Bonchev–Trinajstić information content (AvgIpc) is 2.46. The number of carboxylic acids is 1. The van der Waals surface area contributed by atoms with E-state index in [2.05, 4.69) is 0 Å². The Hall–Kier alpha value is -2.71. The van der Waals surface area contributed by atoms with E-state index in [1.54, 1.807) is 4.90 Å². The molecule has 1 aliphatic heterocycles. The fourth-order valence-electron chi connectivity index (χ4n) is 2.74. The van der Waals surface area contributed by atoms with Crippen molar-refractivity contribution in [3.8, 4) is 0 Å². The molecule has 0 saturated carbocycles. The van der Waals surface area contributed by atoms with Gasteiger partial charge in [-0.05, 0) is 26.2 Å². The lowest BCUT2D eigenvalue weighted by atomic mass is 10.00. The molecule has 1 aromatic rings. The molecule has 9 nitrogen and oxygen atoms in total. The van der Waals surface area contributed by atoms with Crippen molar-refractivity contribution < 1.29 is 19.7 Å². The Morgan fingerprint density at radius 3 is 2.45 bits per heavy atom. The van der Waals surface area contributed by atoms with Crippen LogP contribution in [0.25, 0.3) is 0 Å². The van der Waals surface area contributed by atoms with E-state index < -0.39 is 32.8 Å². The smallest absolute Gasteiger partial charge is 0.338 e. The first-order valence-corrected chi connectivity index (χ1v) is 6.79. The zero-order chi connectivity index (χ0) is 16.4. The molecule has 22 heavy (non-hydrogen) atoms. The third-order valence-corrected chi connectivity index (χ3v) is 3.80. The largest absolute Gasteiger partial charge is 0.478 e. The van der Waals surface area contributed by atoms with E-state index in [9.17, 15) is 30.1 Å². The topological polar surface area (TPSA) is 127 Å². The van der Waals surface area contributed by atoms with Gasteiger partial charge in [0.1, 0.15) is 5.69 Å². The molecule has 118 valence electrons. The lowest BCUT2D eigenvalue weighted by Crippen LogP contribution is -2.38. The minimum absolute atomic E-state index is 0.0460. The summed E-state index contributed by atoms with van der Waals surface area (Å²) >= 11 is 0. The van der Waals surface area contributed by atoms with Crippen molar-refractivity contribution in [3.05, 3.63) is 37.9 Å². The van der Waals surface area contributed by atoms with Gasteiger partial charge in [-0.3, -0.25) is 20.2 Å². The predicted octanol–water partition coefficient (Wildman–Crippen LogP) is 2.58. The lowest BCUT2D eigenvalue weighted by molar-refractivity contribution is -0.393. The normalized spacial score (nSPS) is 18.0. The van der Waals surface area contributed by atoms with Gasteiger partial charge >= 0.3 is 5.97 Å². The first kappa shape index (κ1) is 15.7. The Labute approximate surface area is 125 Å². The first-order chi connectivity index (χ1) is 10.3. The molecule has 1 saturated heterocycles. The Kier molecular flexibility index (Phi) is 4.25. The highest BCUT2D eigenvalue weighted by Crippen LogP contribution is 2.39. The second-order valence-corrected chi connectivity index (χ2v) is 5.22. The number of non-ortho nitro benzene ring substituents is 1. The Bertz CT molecular complexity index is 610. The maximum absolute atomic E-state index is 11.4. The first-order valence-electron chi connectivity index (χ1n) is 6.79. The SMILES string of the molecule is CC1CCCCN1c1c(C(=O)O)cc([N+](=O)[O-])cc1[N+](=O)[O-]. The van der Waals surface area contributed by atoms with E-state index in [-0.39, 0.29) is 11.7 Å². The molecule has 1 N–H and O–H groups in total. The van der Waals surface area contributed by atoms with Gasteiger partial charge in [0.2, 0.25) is 0 Å². The summed E-state index contributed by atoms with van der Waals surface area (Å²) in [7, 11) is 0. The van der Waals surface area contributed by atoms with Crippen LogP contribution in [-0.2, 0) is 0 Å². The van der Waals surface area contributed by atoms with Crippen molar-refractivity contribution in [1.82, 2.24) is 0 Å². The maximum Gasteiger partial charge on any atom is 0.338 e. The van der Waals surface area contributed by atoms with Crippen molar-refractivity contribution in [2.24, 2.45) is 0 Å². The summed E-state index contributed by atoms with van der Waals surface area (Å²) in [5, 5.41) is 31.5. The van der Waals surface area contributed by atoms with Gasteiger partial charge in [-0.25, -0.2) is 4.79 Å². The highest BCUT2D eigenvalue weighted by molar-refractivity contribution is 5.98. The Morgan fingerprint density at radius 1 is 1.27 bits per heavy atom. The van der Waals surface area contributed by atoms with E-state index >= 15 is 0 Å². The van der Waals surface area contributed by atoms with Crippen molar-refractivity contribution >= 4 is 23.0 Å². The summed E-state index contributed by atoms with van der Waals surface area (Å²) in [4.78, 5) is 33.7. The van der Waals surface area contributed by atoms with E-state index in [4.69, 9.17) is 0 Å². The number of nitro groups is 2. The fraction of sp³-hybridized carbons (Fsp3) is 0.462. The average molecular weight is 309 g/mol. The number of nitro benzene ring substituents is 2. The van der Waals surface area contributed by atoms with Gasteiger partial charge in [0.05, 0.1) is 21.5 Å². The van der Waals surface area contributed by atoms with Gasteiger partial charge in [0.15, 0.2) is 0 Å². The molecule has 1 heterocycles. The molecular formula is C13H15N3O6. The highest BCUT2D eigenvalue weighted by Gasteiger charge is 2.33. The maximum atomic E-state index is 11.4. The van der Waals surface area contributed by atoms with Gasteiger partial charge < -0.3 is 10.0 Å². The molecule has 0 aliphatic carbocycles. The number of benzene rings is 1. The molecule has 1 aromatic carbocycles. The zero-order valence-electron chi connectivity index (χ0n) is 11.9. The highest BCUT2D eigenvalue weighted by atomic mass is 16.6. The molecule has 2 rings (SSSR count). The van der Waals surface area contributed by atoms with Gasteiger partial charge in [-0.2, -0.15) is 0 Å². The molecule has 1 fully saturated rings. The molecule has 1 aliphatic rings. The van der Waals surface area contributed by atoms with E-state index in [0.29, 0.717) is 6.54 Å². The second kappa shape index (κ2) is 5.96. The molecule has 0 aromatic heterocycles. The summed E-state index contributed by atoms with van der Waals surface area (Å²) in [6.45, 7) is 2.34. The number of rotatable bonds is 4. The molecule has 0 amide bonds. The van der Waals surface area contributed by atoms with Crippen molar-refractivity contribution in [3.63, 3.8) is 0 Å².